The van der Waals surface area contributed by atoms with E-state index in [1.807, 2.05) is 43.9 Å². The number of carbonyl (C=O) groups excluding carboxylic acids is 2. The van der Waals surface area contributed by atoms with Crippen molar-refractivity contribution in [1.29, 1.82) is 0 Å². The second kappa shape index (κ2) is 8.00. The molecule has 0 spiro atoms. The third kappa shape index (κ3) is 4.69. The minimum absolute atomic E-state index is 0.161. The summed E-state index contributed by atoms with van der Waals surface area (Å²) in [7, 11) is 0. The number of carbonyl (C=O) groups is 2. The van der Waals surface area contributed by atoms with Crippen molar-refractivity contribution in [3.8, 4) is 0 Å². The van der Waals surface area contributed by atoms with Crippen LogP contribution < -0.4 is 9.80 Å². The molecule has 0 aliphatic carbocycles. The highest BCUT2D eigenvalue weighted by atomic mass is 32.1. The molecule has 2 aliphatic heterocycles. The molecule has 6 nitrogen and oxygen atoms in total. The average molecular weight is 392 g/mol. The maximum Gasteiger partial charge on any atom is 0.410 e. The van der Waals surface area contributed by atoms with Crippen LogP contribution in [-0.4, -0.2) is 61.0 Å². The van der Waals surface area contributed by atoms with Gasteiger partial charge in [0.1, 0.15) is 5.60 Å². The van der Waals surface area contributed by atoms with Crippen LogP contribution in [0.2, 0.25) is 0 Å². The Bertz CT molecular complexity index is 696. The normalized spacial score (nSPS) is 21.0. The molecule has 2 saturated heterocycles. The van der Waals surface area contributed by atoms with E-state index in [-0.39, 0.29) is 12.0 Å². The Kier molecular flexibility index (Phi) is 5.89. The zero-order chi connectivity index (χ0) is 19.6. The highest BCUT2D eigenvalue weighted by molar-refractivity contribution is 7.80. The lowest BCUT2D eigenvalue weighted by atomic mass is 10.1. The van der Waals surface area contributed by atoms with Crippen LogP contribution in [0.4, 0.5) is 16.2 Å². The van der Waals surface area contributed by atoms with Crippen LogP contribution in [-0.2, 0) is 9.53 Å². The lowest BCUT2D eigenvalue weighted by molar-refractivity contribution is -0.117. The fourth-order valence-corrected chi connectivity index (χ4v) is 3.80. The van der Waals surface area contributed by atoms with Crippen LogP contribution >= 0.6 is 12.6 Å². The van der Waals surface area contributed by atoms with E-state index in [2.05, 4.69) is 23.6 Å². The number of piperazine rings is 1. The molecule has 2 heterocycles. The third-order valence-corrected chi connectivity index (χ3v) is 5.42. The second-order valence-electron chi connectivity index (χ2n) is 8.20. The summed E-state index contributed by atoms with van der Waals surface area (Å²) >= 11 is 4.36. The van der Waals surface area contributed by atoms with Crippen LogP contribution in [0.15, 0.2) is 24.3 Å². The molecular weight excluding hydrogens is 362 g/mol. The first kappa shape index (κ1) is 19.9. The van der Waals surface area contributed by atoms with Gasteiger partial charge in [0, 0.05) is 39.1 Å². The number of ether oxygens (including phenoxy) is 1. The number of rotatable bonds is 3. The van der Waals surface area contributed by atoms with E-state index in [0.717, 1.165) is 23.7 Å². The third-order valence-electron chi connectivity index (χ3n) is 4.91. The summed E-state index contributed by atoms with van der Waals surface area (Å²) in [6, 6.07) is 8.03. The zero-order valence-corrected chi connectivity index (χ0v) is 17.2. The summed E-state index contributed by atoms with van der Waals surface area (Å²) in [5.74, 6) is 1.19. The molecule has 1 aromatic rings. The first-order chi connectivity index (χ1) is 12.8. The number of hydrogen-bond acceptors (Lipinski definition) is 5. The Hall–Kier alpha value is -1.89. The molecule has 0 aromatic heterocycles. The van der Waals surface area contributed by atoms with Gasteiger partial charge in [-0.3, -0.25) is 4.79 Å². The van der Waals surface area contributed by atoms with E-state index in [9.17, 15) is 9.59 Å². The van der Waals surface area contributed by atoms with Crippen molar-refractivity contribution in [3.63, 3.8) is 0 Å². The largest absolute Gasteiger partial charge is 0.444 e. The van der Waals surface area contributed by atoms with Crippen LogP contribution in [0, 0.1) is 5.92 Å². The molecule has 1 aromatic carbocycles. The Labute approximate surface area is 166 Å². The lowest BCUT2D eigenvalue weighted by Gasteiger charge is -2.38. The van der Waals surface area contributed by atoms with Gasteiger partial charge in [-0.15, -0.1) is 0 Å². The Morgan fingerprint density at radius 2 is 1.78 bits per heavy atom. The summed E-state index contributed by atoms with van der Waals surface area (Å²) < 4.78 is 5.47. The SMILES string of the molecule is CC(C)(C)OC(=O)N1CCN(c2ccccc2N2CC(CS)CC2=O)CC1. The molecule has 1 atom stereocenters. The van der Waals surface area contributed by atoms with Crippen molar-refractivity contribution in [2.24, 2.45) is 5.92 Å². The van der Waals surface area contributed by atoms with E-state index in [4.69, 9.17) is 4.74 Å². The first-order valence-electron chi connectivity index (χ1n) is 9.51. The predicted molar refractivity (Wildman–Crippen MR) is 111 cm³/mol. The van der Waals surface area contributed by atoms with Crippen molar-refractivity contribution in [3.05, 3.63) is 24.3 Å². The molecule has 0 radical (unpaired) electrons. The zero-order valence-electron chi connectivity index (χ0n) is 16.4. The Morgan fingerprint density at radius 1 is 1.15 bits per heavy atom. The molecule has 7 heteroatoms. The quantitative estimate of drug-likeness (QED) is 0.805. The number of para-hydroxylation sites is 2. The minimum Gasteiger partial charge on any atom is -0.444 e. The number of thiol groups is 1. The van der Waals surface area contributed by atoms with Gasteiger partial charge in [0.05, 0.1) is 11.4 Å². The maximum atomic E-state index is 12.5. The number of nitrogens with zero attached hydrogens (tertiary/aromatic N) is 3. The highest BCUT2D eigenvalue weighted by Crippen LogP contribution is 2.34. The van der Waals surface area contributed by atoms with Gasteiger partial charge < -0.3 is 19.4 Å². The molecule has 2 aliphatic rings. The molecule has 0 bridgehead atoms. The van der Waals surface area contributed by atoms with Crippen LogP contribution in [0.5, 0.6) is 0 Å². The number of amides is 2. The molecule has 1 unspecified atom stereocenters. The van der Waals surface area contributed by atoms with Gasteiger partial charge in [0.15, 0.2) is 0 Å². The molecule has 2 fully saturated rings. The van der Waals surface area contributed by atoms with Crippen molar-refractivity contribution in [2.75, 3.05) is 48.3 Å². The van der Waals surface area contributed by atoms with E-state index >= 15 is 0 Å². The highest BCUT2D eigenvalue weighted by Gasteiger charge is 2.33. The molecule has 148 valence electrons. The van der Waals surface area contributed by atoms with Crippen LogP contribution in [0.3, 0.4) is 0 Å². The van der Waals surface area contributed by atoms with E-state index in [0.29, 0.717) is 38.5 Å². The van der Waals surface area contributed by atoms with Gasteiger partial charge >= 0.3 is 6.09 Å². The Morgan fingerprint density at radius 3 is 2.33 bits per heavy atom. The van der Waals surface area contributed by atoms with Crippen molar-refractivity contribution in [1.82, 2.24) is 4.90 Å². The van der Waals surface area contributed by atoms with Gasteiger partial charge in [-0.05, 0) is 44.6 Å². The van der Waals surface area contributed by atoms with Gasteiger partial charge in [-0.25, -0.2) is 4.79 Å². The Balaban J connectivity index is 1.69. The average Bonchev–Trinajstić information content (AvgIpc) is 3.01. The first-order valence-corrected chi connectivity index (χ1v) is 10.1. The molecular formula is C20H29N3O3S. The molecule has 0 N–H and O–H groups in total. The minimum atomic E-state index is -0.486. The van der Waals surface area contributed by atoms with E-state index in [1.54, 1.807) is 4.90 Å². The van der Waals surface area contributed by atoms with Gasteiger partial charge in [0.25, 0.3) is 0 Å². The predicted octanol–water partition coefficient (Wildman–Crippen LogP) is 3.03. The van der Waals surface area contributed by atoms with Crippen molar-refractivity contribution >= 4 is 36.0 Å². The van der Waals surface area contributed by atoms with Crippen molar-refractivity contribution < 1.29 is 14.3 Å². The van der Waals surface area contributed by atoms with Crippen molar-refractivity contribution in [2.45, 2.75) is 32.8 Å². The standard InChI is InChI=1S/C20H29N3O3S/c1-20(2,3)26-19(25)22-10-8-21(9-11-22)16-6-4-5-7-17(16)23-13-15(14-27)12-18(23)24/h4-7,15,27H,8-14H2,1-3H3. The molecule has 0 saturated carbocycles. The summed E-state index contributed by atoms with van der Waals surface area (Å²) in [6.07, 6.45) is 0.298. The smallest absolute Gasteiger partial charge is 0.410 e. The summed E-state index contributed by atoms with van der Waals surface area (Å²) in [4.78, 5) is 30.6. The number of benzene rings is 1. The van der Waals surface area contributed by atoms with E-state index < -0.39 is 5.60 Å². The fourth-order valence-electron chi connectivity index (χ4n) is 3.55. The molecule has 27 heavy (non-hydrogen) atoms. The summed E-state index contributed by atoms with van der Waals surface area (Å²) in [5.41, 5.74) is 1.52. The topological polar surface area (TPSA) is 53.1 Å². The fraction of sp³-hybridized carbons (Fsp3) is 0.600. The summed E-state index contributed by atoms with van der Waals surface area (Å²) in [5, 5.41) is 0. The van der Waals surface area contributed by atoms with Gasteiger partial charge in [-0.2, -0.15) is 12.6 Å². The second-order valence-corrected chi connectivity index (χ2v) is 8.57. The lowest BCUT2D eigenvalue weighted by Crippen LogP contribution is -2.50. The number of hydrogen-bond donors (Lipinski definition) is 1. The molecule has 3 rings (SSSR count). The summed E-state index contributed by atoms with van der Waals surface area (Å²) in [6.45, 7) is 9.00. The van der Waals surface area contributed by atoms with Gasteiger partial charge in [-0.1, -0.05) is 12.1 Å². The maximum absolute atomic E-state index is 12.5. The van der Waals surface area contributed by atoms with E-state index in [1.165, 1.54) is 0 Å². The van der Waals surface area contributed by atoms with Crippen LogP contribution in [0.1, 0.15) is 27.2 Å². The number of anilines is 2. The molecule has 2 amide bonds. The monoisotopic (exact) mass is 391 g/mol. The van der Waals surface area contributed by atoms with Gasteiger partial charge in [0.2, 0.25) is 5.91 Å². The van der Waals surface area contributed by atoms with Crippen LogP contribution in [0.25, 0.3) is 0 Å².